The van der Waals surface area contributed by atoms with E-state index in [1.165, 1.54) is 12.8 Å². The number of likely N-dealkylation sites (tertiary alicyclic amines) is 1. The van der Waals surface area contributed by atoms with Crippen molar-refractivity contribution >= 4 is 28.6 Å². The van der Waals surface area contributed by atoms with E-state index in [1.54, 1.807) is 18.9 Å². The van der Waals surface area contributed by atoms with Gasteiger partial charge in [0.25, 0.3) is 5.92 Å². The zero-order valence-corrected chi connectivity index (χ0v) is 20.7. The quantitative estimate of drug-likeness (QED) is 0.422. The fourth-order valence-corrected chi connectivity index (χ4v) is 4.66. The predicted molar refractivity (Wildman–Crippen MR) is 133 cm³/mol. The molecule has 0 amide bonds. The van der Waals surface area contributed by atoms with E-state index in [0.717, 1.165) is 26.1 Å². The fourth-order valence-electron chi connectivity index (χ4n) is 4.66. The van der Waals surface area contributed by atoms with Crippen molar-refractivity contribution in [2.75, 3.05) is 56.7 Å². The number of H-pyrrole nitrogens is 1. The van der Waals surface area contributed by atoms with Crippen LogP contribution in [0.5, 0.6) is 11.5 Å². The monoisotopic (exact) mass is 502 g/mol. The average molecular weight is 503 g/mol. The van der Waals surface area contributed by atoms with E-state index in [4.69, 9.17) is 14.5 Å². The standard InChI is InChI=1S/C24H32F2N8O2/c1-16-27-22(32-31-16)29-21-17-14-19(35-2)20(36-13-5-10-33-8-3-4-9-33)15-18(17)28-23(30-21)34-11-6-24(25,26)7-12-34/h14-15H,3-13H2,1-2H3,(H2,27,28,29,30,31,32). The molecular weight excluding hydrogens is 470 g/mol. The van der Waals surface area contributed by atoms with Crippen LogP contribution >= 0.6 is 0 Å². The van der Waals surface area contributed by atoms with Gasteiger partial charge in [0.15, 0.2) is 11.5 Å². The first-order valence-electron chi connectivity index (χ1n) is 12.4. The van der Waals surface area contributed by atoms with E-state index < -0.39 is 5.92 Å². The molecule has 12 heteroatoms. The summed E-state index contributed by atoms with van der Waals surface area (Å²) in [5, 5.41) is 11.9. The Bertz CT molecular complexity index is 1190. The lowest BCUT2D eigenvalue weighted by Gasteiger charge is -2.32. The van der Waals surface area contributed by atoms with Gasteiger partial charge in [0.2, 0.25) is 11.9 Å². The molecule has 0 radical (unpaired) electrons. The van der Waals surface area contributed by atoms with Gasteiger partial charge in [-0.3, -0.25) is 0 Å². The number of aryl methyl sites for hydroxylation is 1. The Labute approximate surface area is 208 Å². The van der Waals surface area contributed by atoms with Crippen molar-refractivity contribution < 1.29 is 18.3 Å². The summed E-state index contributed by atoms with van der Waals surface area (Å²) in [6, 6.07) is 3.65. The van der Waals surface area contributed by atoms with Gasteiger partial charge in [0.05, 0.1) is 19.2 Å². The van der Waals surface area contributed by atoms with Gasteiger partial charge in [-0.25, -0.2) is 13.8 Å². The molecule has 2 fully saturated rings. The first kappa shape index (κ1) is 24.4. The number of piperidine rings is 1. The van der Waals surface area contributed by atoms with Crippen molar-refractivity contribution in [1.29, 1.82) is 0 Å². The molecule has 2 saturated heterocycles. The minimum atomic E-state index is -2.66. The molecule has 194 valence electrons. The second-order valence-electron chi connectivity index (χ2n) is 9.37. The third-order valence-electron chi connectivity index (χ3n) is 6.66. The molecule has 2 aromatic heterocycles. The van der Waals surface area contributed by atoms with Crippen LogP contribution in [0.15, 0.2) is 12.1 Å². The van der Waals surface area contributed by atoms with E-state index in [9.17, 15) is 8.78 Å². The molecule has 0 atom stereocenters. The Kier molecular flexibility index (Phi) is 7.04. The molecule has 0 aliphatic carbocycles. The lowest BCUT2D eigenvalue weighted by atomic mass is 10.1. The topological polar surface area (TPSA) is 104 Å². The van der Waals surface area contributed by atoms with E-state index in [2.05, 4.69) is 30.4 Å². The lowest BCUT2D eigenvalue weighted by molar-refractivity contribution is -0.0222. The van der Waals surface area contributed by atoms with Crippen LogP contribution in [0, 0.1) is 6.92 Å². The Morgan fingerprint density at radius 2 is 1.83 bits per heavy atom. The lowest BCUT2D eigenvalue weighted by Crippen LogP contribution is -2.40. The van der Waals surface area contributed by atoms with Crippen LogP contribution in [-0.2, 0) is 0 Å². The molecular formula is C24H32F2N8O2. The SMILES string of the molecule is COc1cc2c(Nc3nnc(C)[nH]3)nc(N3CCC(F)(F)CC3)nc2cc1OCCCN1CCCC1. The van der Waals surface area contributed by atoms with Crippen LogP contribution < -0.4 is 19.7 Å². The second-order valence-corrected chi connectivity index (χ2v) is 9.37. The highest BCUT2D eigenvalue weighted by molar-refractivity contribution is 5.93. The molecule has 2 aliphatic rings. The molecule has 3 aromatic rings. The Morgan fingerprint density at radius 1 is 1.06 bits per heavy atom. The number of methoxy groups -OCH3 is 1. The van der Waals surface area contributed by atoms with Crippen molar-refractivity contribution in [3.63, 3.8) is 0 Å². The van der Waals surface area contributed by atoms with Crippen LogP contribution in [0.4, 0.5) is 26.5 Å². The largest absolute Gasteiger partial charge is 0.493 e. The normalized spacial score (nSPS) is 18.1. The summed E-state index contributed by atoms with van der Waals surface area (Å²) in [5.41, 5.74) is 0.617. The maximum Gasteiger partial charge on any atom is 0.251 e. The summed E-state index contributed by atoms with van der Waals surface area (Å²) in [6.07, 6.45) is 2.98. The number of rotatable bonds is 9. The van der Waals surface area contributed by atoms with Crippen molar-refractivity contribution in [3.8, 4) is 11.5 Å². The maximum atomic E-state index is 13.8. The fraction of sp³-hybridized carbons (Fsp3) is 0.583. The second kappa shape index (κ2) is 10.4. The Morgan fingerprint density at radius 3 is 2.53 bits per heavy atom. The van der Waals surface area contributed by atoms with Crippen LogP contribution in [0.3, 0.4) is 0 Å². The van der Waals surface area contributed by atoms with E-state index >= 15 is 0 Å². The van der Waals surface area contributed by atoms with Gasteiger partial charge in [-0.1, -0.05) is 0 Å². The average Bonchev–Trinajstić information content (AvgIpc) is 3.53. The van der Waals surface area contributed by atoms with Gasteiger partial charge in [-0.15, -0.1) is 10.2 Å². The number of nitrogens with one attached hydrogen (secondary N) is 2. The number of nitrogens with zero attached hydrogens (tertiary/aromatic N) is 6. The maximum absolute atomic E-state index is 13.8. The number of hydrogen-bond donors (Lipinski definition) is 2. The highest BCUT2D eigenvalue weighted by Gasteiger charge is 2.35. The summed E-state index contributed by atoms with van der Waals surface area (Å²) in [7, 11) is 1.59. The van der Waals surface area contributed by atoms with Crippen molar-refractivity contribution in [3.05, 3.63) is 18.0 Å². The van der Waals surface area contributed by atoms with Crippen LogP contribution in [0.25, 0.3) is 10.9 Å². The number of halogens is 2. The number of aromatic nitrogens is 5. The van der Waals surface area contributed by atoms with E-state index in [-0.39, 0.29) is 25.9 Å². The summed E-state index contributed by atoms with van der Waals surface area (Å²) in [6.45, 7) is 6.02. The molecule has 0 bridgehead atoms. The number of benzene rings is 1. The third-order valence-corrected chi connectivity index (χ3v) is 6.66. The minimum absolute atomic E-state index is 0.176. The van der Waals surface area contributed by atoms with Gasteiger partial charge >= 0.3 is 0 Å². The predicted octanol–water partition coefficient (Wildman–Crippen LogP) is 3.91. The number of anilines is 3. The Hall–Kier alpha value is -3.28. The first-order chi connectivity index (χ1) is 17.4. The molecule has 0 unspecified atom stereocenters. The molecule has 1 aromatic carbocycles. The smallest absolute Gasteiger partial charge is 0.251 e. The van der Waals surface area contributed by atoms with Gasteiger partial charge < -0.3 is 29.6 Å². The molecule has 0 spiro atoms. The number of alkyl halides is 2. The van der Waals surface area contributed by atoms with Crippen LogP contribution in [-0.4, -0.2) is 82.4 Å². The van der Waals surface area contributed by atoms with Crippen molar-refractivity contribution in [1.82, 2.24) is 30.0 Å². The highest BCUT2D eigenvalue weighted by atomic mass is 19.3. The molecule has 4 heterocycles. The zero-order valence-electron chi connectivity index (χ0n) is 20.7. The molecule has 10 nitrogen and oxygen atoms in total. The number of aromatic amines is 1. The summed E-state index contributed by atoms with van der Waals surface area (Å²) >= 11 is 0. The van der Waals surface area contributed by atoms with Gasteiger partial charge in [0, 0.05) is 43.9 Å². The highest BCUT2D eigenvalue weighted by Crippen LogP contribution is 2.37. The molecule has 2 aliphatic heterocycles. The van der Waals surface area contributed by atoms with Crippen LogP contribution in [0.2, 0.25) is 0 Å². The molecule has 0 saturated carbocycles. The Balaban J connectivity index is 1.43. The van der Waals surface area contributed by atoms with Crippen molar-refractivity contribution in [2.45, 2.75) is 45.0 Å². The molecule has 36 heavy (non-hydrogen) atoms. The molecule has 2 N–H and O–H groups in total. The summed E-state index contributed by atoms with van der Waals surface area (Å²) in [5.74, 6) is 0.415. The molecule has 5 rings (SSSR count). The van der Waals surface area contributed by atoms with Crippen molar-refractivity contribution in [2.24, 2.45) is 0 Å². The van der Waals surface area contributed by atoms with Gasteiger partial charge in [0.1, 0.15) is 11.6 Å². The van der Waals surface area contributed by atoms with Gasteiger partial charge in [-0.2, -0.15) is 4.98 Å². The van der Waals surface area contributed by atoms with Gasteiger partial charge in [-0.05, 0) is 45.3 Å². The zero-order chi connectivity index (χ0) is 25.1. The first-order valence-corrected chi connectivity index (χ1v) is 12.4. The number of hydrogen-bond acceptors (Lipinski definition) is 9. The number of ether oxygens (including phenoxy) is 2. The summed E-state index contributed by atoms with van der Waals surface area (Å²) < 4.78 is 39.2. The third kappa shape index (κ3) is 5.58. The minimum Gasteiger partial charge on any atom is -0.493 e. The number of fused-ring (bicyclic) bond motifs is 1. The van der Waals surface area contributed by atoms with E-state index in [0.29, 0.717) is 52.5 Å². The van der Waals surface area contributed by atoms with E-state index in [1.807, 2.05) is 12.1 Å². The van der Waals surface area contributed by atoms with Crippen LogP contribution in [0.1, 0.15) is 37.9 Å². The summed E-state index contributed by atoms with van der Waals surface area (Å²) in [4.78, 5) is 16.7.